The van der Waals surface area contributed by atoms with Crippen LogP contribution in [0.4, 0.5) is 0 Å². The number of carbonyl (C=O) groups excluding carboxylic acids is 4. The fraction of sp³-hybridized carbons (Fsp3) is 0.481. The van der Waals surface area contributed by atoms with Crippen LogP contribution in [0.15, 0.2) is 42.5 Å². The lowest BCUT2D eigenvalue weighted by atomic mass is 10.00. The number of likely N-dealkylation sites (tertiary alicyclic amines) is 3. The fourth-order valence-electron chi connectivity index (χ4n) is 6.29. The molecule has 6 rings (SSSR count). The van der Waals surface area contributed by atoms with Crippen molar-refractivity contribution in [1.29, 1.82) is 0 Å². The minimum Gasteiger partial charge on any atom is -0.335 e. The second-order valence-corrected chi connectivity index (χ2v) is 10.2. The van der Waals surface area contributed by atoms with Gasteiger partial charge >= 0.3 is 0 Å². The van der Waals surface area contributed by atoms with Gasteiger partial charge < -0.3 is 9.80 Å². The van der Waals surface area contributed by atoms with E-state index < -0.39 is 12.0 Å². The average molecular weight is 460 g/mol. The molecular weight excluding hydrogens is 430 g/mol. The van der Waals surface area contributed by atoms with Gasteiger partial charge in [-0.05, 0) is 48.9 Å². The standard InChI is InChI=1S/C27H29N3O4/c1-16-23-21(30(24(16)31)25(32)18-11-12-18)13-15-29(23)27(34)22-10-5-14-28(22)26(33)20-9-4-7-17-6-2-3-8-19(17)20/h2-4,6-9,16,18,21-23H,5,10-15H2,1H3/t16-,21-,22-,23+/m0/s1. The molecule has 0 unspecified atom stereocenters. The van der Waals surface area contributed by atoms with E-state index in [1.54, 1.807) is 9.80 Å². The quantitative estimate of drug-likeness (QED) is 0.662. The fourth-order valence-corrected chi connectivity index (χ4v) is 6.29. The van der Waals surface area contributed by atoms with E-state index in [1.807, 2.05) is 49.4 Å². The summed E-state index contributed by atoms with van der Waals surface area (Å²) in [6, 6.07) is 12.4. The maximum absolute atomic E-state index is 13.8. The van der Waals surface area contributed by atoms with Crippen LogP contribution < -0.4 is 0 Å². The van der Waals surface area contributed by atoms with Crippen molar-refractivity contribution in [2.45, 2.75) is 57.2 Å². The molecule has 3 aliphatic heterocycles. The molecule has 2 aromatic rings. The summed E-state index contributed by atoms with van der Waals surface area (Å²) in [5, 5.41) is 1.88. The van der Waals surface area contributed by atoms with E-state index >= 15 is 0 Å². The number of carbonyl (C=O) groups is 4. The van der Waals surface area contributed by atoms with Crippen molar-refractivity contribution in [3.63, 3.8) is 0 Å². The minimum absolute atomic E-state index is 0.0247. The lowest BCUT2D eigenvalue weighted by Gasteiger charge is -2.32. The van der Waals surface area contributed by atoms with Crippen LogP contribution >= 0.6 is 0 Å². The summed E-state index contributed by atoms with van der Waals surface area (Å²) in [6.07, 6.45) is 3.72. The highest BCUT2D eigenvalue weighted by atomic mass is 16.2. The van der Waals surface area contributed by atoms with Crippen LogP contribution in [0.1, 0.15) is 49.4 Å². The van der Waals surface area contributed by atoms with Crippen LogP contribution in [0, 0.1) is 11.8 Å². The first-order chi connectivity index (χ1) is 16.5. The average Bonchev–Trinajstić information content (AvgIpc) is 3.34. The van der Waals surface area contributed by atoms with Crippen LogP contribution in [-0.2, 0) is 14.4 Å². The molecule has 7 nitrogen and oxygen atoms in total. The second-order valence-electron chi connectivity index (χ2n) is 10.2. The van der Waals surface area contributed by atoms with Gasteiger partial charge in [0.25, 0.3) is 5.91 Å². The maximum Gasteiger partial charge on any atom is 0.255 e. The van der Waals surface area contributed by atoms with Gasteiger partial charge in [-0.1, -0.05) is 43.3 Å². The highest BCUT2D eigenvalue weighted by molar-refractivity contribution is 6.08. The number of amides is 4. The lowest BCUT2D eigenvalue weighted by Crippen LogP contribution is -2.51. The van der Waals surface area contributed by atoms with Gasteiger partial charge in [-0.3, -0.25) is 24.1 Å². The molecule has 3 heterocycles. The van der Waals surface area contributed by atoms with E-state index in [4.69, 9.17) is 0 Å². The third-order valence-corrected chi connectivity index (χ3v) is 8.16. The molecule has 4 atom stereocenters. The van der Waals surface area contributed by atoms with Crippen molar-refractivity contribution in [3.05, 3.63) is 48.0 Å². The molecular formula is C27H29N3O4. The van der Waals surface area contributed by atoms with Crippen molar-refractivity contribution < 1.29 is 19.2 Å². The van der Waals surface area contributed by atoms with Gasteiger partial charge in [0.1, 0.15) is 6.04 Å². The zero-order valence-corrected chi connectivity index (χ0v) is 19.4. The van der Waals surface area contributed by atoms with Crippen molar-refractivity contribution in [2.75, 3.05) is 13.1 Å². The molecule has 4 fully saturated rings. The first-order valence-electron chi connectivity index (χ1n) is 12.4. The molecule has 7 heteroatoms. The van der Waals surface area contributed by atoms with E-state index in [1.165, 1.54) is 4.90 Å². The molecule has 4 amide bonds. The molecule has 1 saturated carbocycles. The van der Waals surface area contributed by atoms with Crippen LogP contribution in [0.3, 0.4) is 0 Å². The van der Waals surface area contributed by atoms with Crippen molar-refractivity contribution >= 4 is 34.4 Å². The Kier molecular flexibility index (Phi) is 4.97. The Balaban J connectivity index is 1.25. The SMILES string of the molecule is C[C@@H]1C(=O)N(C(=O)C2CC2)[C@H]2CCN(C(=O)[C@@H]3CCCN3C(=O)c3cccc4ccccc34)[C@H]12. The van der Waals surface area contributed by atoms with E-state index in [9.17, 15) is 19.2 Å². The molecule has 1 aliphatic carbocycles. The number of hydrogen-bond donors (Lipinski definition) is 0. The highest BCUT2D eigenvalue weighted by Gasteiger charge is 2.57. The highest BCUT2D eigenvalue weighted by Crippen LogP contribution is 2.41. The Labute approximate surface area is 198 Å². The third-order valence-electron chi connectivity index (χ3n) is 8.16. The van der Waals surface area contributed by atoms with Crippen LogP contribution in [0.25, 0.3) is 10.8 Å². The Hall–Kier alpha value is -3.22. The van der Waals surface area contributed by atoms with Gasteiger partial charge in [0.2, 0.25) is 17.7 Å². The first-order valence-corrected chi connectivity index (χ1v) is 12.4. The number of benzene rings is 2. The van der Waals surface area contributed by atoms with Crippen LogP contribution in [-0.4, -0.2) is 69.5 Å². The molecule has 0 radical (unpaired) electrons. The van der Waals surface area contributed by atoms with Crippen LogP contribution in [0.5, 0.6) is 0 Å². The van der Waals surface area contributed by atoms with Gasteiger partial charge in [-0.2, -0.15) is 0 Å². The monoisotopic (exact) mass is 459 g/mol. The molecule has 4 aliphatic rings. The second kappa shape index (κ2) is 7.93. The van der Waals surface area contributed by atoms with Gasteiger partial charge in [-0.25, -0.2) is 0 Å². The van der Waals surface area contributed by atoms with E-state index in [2.05, 4.69) is 0 Å². The van der Waals surface area contributed by atoms with E-state index in [0.29, 0.717) is 31.5 Å². The molecule has 0 N–H and O–H groups in total. The first kappa shape index (κ1) is 21.3. The summed E-state index contributed by atoms with van der Waals surface area (Å²) in [5.41, 5.74) is 0.614. The maximum atomic E-state index is 13.8. The van der Waals surface area contributed by atoms with Crippen molar-refractivity contribution in [1.82, 2.24) is 14.7 Å². The summed E-state index contributed by atoms with van der Waals surface area (Å²) < 4.78 is 0. The molecule has 3 saturated heterocycles. The predicted octanol–water partition coefficient (Wildman–Crippen LogP) is 2.83. The van der Waals surface area contributed by atoms with Crippen molar-refractivity contribution in [3.8, 4) is 0 Å². The number of imide groups is 1. The summed E-state index contributed by atoms with van der Waals surface area (Å²) in [5.74, 6) is -0.846. The minimum atomic E-state index is -0.527. The number of rotatable bonds is 3. The molecule has 176 valence electrons. The number of fused-ring (bicyclic) bond motifs is 2. The zero-order valence-electron chi connectivity index (χ0n) is 19.4. The molecule has 34 heavy (non-hydrogen) atoms. The lowest BCUT2D eigenvalue weighted by molar-refractivity contribution is -0.146. The van der Waals surface area contributed by atoms with E-state index in [0.717, 1.165) is 30.0 Å². The van der Waals surface area contributed by atoms with Crippen LogP contribution in [0.2, 0.25) is 0 Å². The summed E-state index contributed by atoms with van der Waals surface area (Å²) in [4.78, 5) is 58.1. The topological polar surface area (TPSA) is 78.0 Å². The zero-order chi connectivity index (χ0) is 23.6. The Morgan fingerprint density at radius 3 is 2.41 bits per heavy atom. The molecule has 0 spiro atoms. The molecule has 0 aromatic heterocycles. The Bertz CT molecular complexity index is 1200. The number of nitrogens with zero attached hydrogens (tertiary/aromatic N) is 3. The molecule has 2 aromatic carbocycles. The van der Waals surface area contributed by atoms with E-state index in [-0.39, 0.29) is 41.6 Å². The smallest absolute Gasteiger partial charge is 0.255 e. The third kappa shape index (κ3) is 3.16. The summed E-state index contributed by atoms with van der Waals surface area (Å²) in [7, 11) is 0. The largest absolute Gasteiger partial charge is 0.335 e. The summed E-state index contributed by atoms with van der Waals surface area (Å²) >= 11 is 0. The van der Waals surface area contributed by atoms with Gasteiger partial charge in [0.05, 0.1) is 18.0 Å². The molecule has 0 bridgehead atoms. The Morgan fingerprint density at radius 1 is 0.853 bits per heavy atom. The van der Waals surface area contributed by atoms with Gasteiger partial charge in [0.15, 0.2) is 0 Å². The number of hydrogen-bond acceptors (Lipinski definition) is 4. The summed E-state index contributed by atoms with van der Waals surface area (Å²) in [6.45, 7) is 2.90. The predicted molar refractivity (Wildman–Crippen MR) is 126 cm³/mol. The van der Waals surface area contributed by atoms with Gasteiger partial charge in [0, 0.05) is 24.6 Å². The van der Waals surface area contributed by atoms with Crippen molar-refractivity contribution in [2.24, 2.45) is 11.8 Å². The Morgan fingerprint density at radius 2 is 1.62 bits per heavy atom. The van der Waals surface area contributed by atoms with Gasteiger partial charge in [-0.15, -0.1) is 0 Å². The normalized spacial score (nSPS) is 28.6.